The SMILES string of the molecule is CS(=O)(=O)C1CSCCN1Cc1sccc1C#CCN. The van der Waals surface area contributed by atoms with Crippen molar-refractivity contribution in [2.75, 3.05) is 30.9 Å². The first kappa shape index (κ1) is 15.9. The number of nitrogens with two attached hydrogens (primary N) is 1. The van der Waals surface area contributed by atoms with Gasteiger partial charge in [0.1, 0.15) is 5.37 Å². The van der Waals surface area contributed by atoms with Crippen molar-refractivity contribution in [1.82, 2.24) is 4.90 Å². The minimum atomic E-state index is -3.05. The van der Waals surface area contributed by atoms with E-state index in [-0.39, 0.29) is 0 Å². The van der Waals surface area contributed by atoms with E-state index < -0.39 is 15.2 Å². The first-order valence-electron chi connectivity index (χ1n) is 6.28. The number of rotatable bonds is 3. The zero-order chi connectivity index (χ0) is 14.6. The Morgan fingerprint density at radius 3 is 3.05 bits per heavy atom. The lowest BCUT2D eigenvalue weighted by atomic mass is 10.2. The Kier molecular flexibility index (Phi) is 5.52. The van der Waals surface area contributed by atoms with Crippen molar-refractivity contribution in [1.29, 1.82) is 0 Å². The van der Waals surface area contributed by atoms with Gasteiger partial charge in [-0.15, -0.1) is 11.3 Å². The van der Waals surface area contributed by atoms with Gasteiger partial charge in [-0.25, -0.2) is 8.42 Å². The van der Waals surface area contributed by atoms with Crippen LogP contribution in [0.15, 0.2) is 11.4 Å². The van der Waals surface area contributed by atoms with Crippen LogP contribution in [-0.2, 0) is 16.4 Å². The van der Waals surface area contributed by atoms with Gasteiger partial charge in [-0.2, -0.15) is 11.8 Å². The fraction of sp³-hybridized carbons (Fsp3) is 0.538. The Hall–Kier alpha value is -0.520. The van der Waals surface area contributed by atoms with Gasteiger partial charge in [0.15, 0.2) is 9.84 Å². The molecule has 1 aromatic rings. The van der Waals surface area contributed by atoms with Gasteiger partial charge in [-0.3, -0.25) is 4.90 Å². The maximum absolute atomic E-state index is 11.9. The number of sulfone groups is 1. The van der Waals surface area contributed by atoms with E-state index in [0.717, 1.165) is 22.7 Å². The van der Waals surface area contributed by atoms with Gasteiger partial charge in [-0.05, 0) is 11.4 Å². The highest BCUT2D eigenvalue weighted by atomic mass is 32.2. The van der Waals surface area contributed by atoms with Crippen molar-refractivity contribution < 1.29 is 8.42 Å². The van der Waals surface area contributed by atoms with Crippen molar-refractivity contribution in [3.8, 4) is 11.8 Å². The molecular weight excluding hydrogens is 312 g/mol. The average molecular weight is 331 g/mol. The zero-order valence-corrected chi connectivity index (χ0v) is 13.8. The van der Waals surface area contributed by atoms with Crippen LogP contribution in [0.2, 0.25) is 0 Å². The van der Waals surface area contributed by atoms with Crippen LogP contribution in [0.4, 0.5) is 0 Å². The number of thiophene rings is 1. The largest absolute Gasteiger partial charge is 0.320 e. The molecule has 0 aromatic carbocycles. The Morgan fingerprint density at radius 1 is 1.55 bits per heavy atom. The molecule has 1 aromatic heterocycles. The Bertz CT molecular complexity index is 613. The highest BCUT2D eigenvalue weighted by Crippen LogP contribution is 2.25. The molecule has 20 heavy (non-hydrogen) atoms. The van der Waals surface area contributed by atoms with Crippen LogP contribution in [0.3, 0.4) is 0 Å². The molecule has 0 saturated carbocycles. The summed E-state index contributed by atoms with van der Waals surface area (Å²) >= 11 is 3.32. The molecule has 0 spiro atoms. The lowest BCUT2D eigenvalue weighted by molar-refractivity contribution is 0.264. The predicted molar refractivity (Wildman–Crippen MR) is 86.6 cm³/mol. The highest BCUT2D eigenvalue weighted by molar-refractivity contribution is 8.00. The smallest absolute Gasteiger partial charge is 0.164 e. The molecule has 1 aliphatic rings. The molecule has 2 heterocycles. The monoisotopic (exact) mass is 330 g/mol. The Balaban J connectivity index is 2.17. The summed E-state index contributed by atoms with van der Waals surface area (Å²) in [6, 6.07) is 1.97. The van der Waals surface area contributed by atoms with Crippen molar-refractivity contribution >= 4 is 32.9 Å². The second-order valence-corrected chi connectivity index (χ2v) is 8.95. The first-order valence-corrected chi connectivity index (χ1v) is 10.3. The molecular formula is C13H18N2O2S3. The van der Waals surface area contributed by atoms with Crippen LogP contribution >= 0.6 is 23.1 Å². The average Bonchev–Trinajstić information content (AvgIpc) is 2.83. The molecule has 1 unspecified atom stereocenters. The topological polar surface area (TPSA) is 63.4 Å². The minimum Gasteiger partial charge on any atom is -0.320 e. The first-order chi connectivity index (χ1) is 9.52. The normalized spacial score (nSPS) is 20.4. The van der Waals surface area contributed by atoms with Gasteiger partial charge in [0, 0.05) is 41.3 Å². The molecule has 2 N–H and O–H groups in total. The van der Waals surface area contributed by atoms with Gasteiger partial charge < -0.3 is 5.73 Å². The van der Waals surface area contributed by atoms with E-state index in [2.05, 4.69) is 11.8 Å². The minimum absolute atomic E-state index is 0.335. The summed E-state index contributed by atoms with van der Waals surface area (Å²) in [5.41, 5.74) is 6.36. The van der Waals surface area contributed by atoms with Crippen molar-refractivity contribution in [2.24, 2.45) is 5.73 Å². The summed E-state index contributed by atoms with van der Waals surface area (Å²) < 4.78 is 23.8. The predicted octanol–water partition coefficient (Wildman–Crippen LogP) is 0.978. The summed E-state index contributed by atoms with van der Waals surface area (Å²) in [4.78, 5) is 3.16. The van der Waals surface area contributed by atoms with Gasteiger partial charge in [-0.1, -0.05) is 11.8 Å². The van der Waals surface area contributed by atoms with Gasteiger partial charge in [0.05, 0.1) is 6.54 Å². The van der Waals surface area contributed by atoms with Crippen molar-refractivity contribution in [2.45, 2.75) is 11.9 Å². The summed E-state index contributed by atoms with van der Waals surface area (Å²) in [5.74, 6) is 7.52. The van der Waals surface area contributed by atoms with E-state index in [1.807, 2.05) is 16.3 Å². The van der Waals surface area contributed by atoms with Crippen LogP contribution in [0, 0.1) is 11.8 Å². The third kappa shape index (κ3) is 3.99. The van der Waals surface area contributed by atoms with E-state index in [1.54, 1.807) is 23.1 Å². The molecule has 1 aliphatic heterocycles. The molecule has 0 amide bonds. The molecule has 1 saturated heterocycles. The van der Waals surface area contributed by atoms with Crippen molar-refractivity contribution in [3.63, 3.8) is 0 Å². The second-order valence-electron chi connectivity index (χ2n) is 4.59. The number of hydrogen-bond acceptors (Lipinski definition) is 6. The number of thioether (sulfide) groups is 1. The summed E-state index contributed by atoms with van der Waals surface area (Å²) in [6.07, 6.45) is 1.32. The lowest BCUT2D eigenvalue weighted by Gasteiger charge is -2.33. The van der Waals surface area contributed by atoms with E-state index in [9.17, 15) is 8.42 Å². The molecule has 0 aliphatic carbocycles. The number of hydrogen-bond donors (Lipinski definition) is 1. The fourth-order valence-electron chi connectivity index (χ4n) is 2.10. The maximum atomic E-state index is 11.9. The Labute approximate surface area is 128 Å². The number of nitrogens with zero attached hydrogens (tertiary/aromatic N) is 1. The maximum Gasteiger partial charge on any atom is 0.164 e. The molecule has 2 rings (SSSR count). The van der Waals surface area contributed by atoms with Crippen LogP contribution in [0.1, 0.15) is 10.4 Å². The van der Waals surface area contributed by atoms with Crippen LogP contribution in [0.25, 0.3) is 0 Å². The summed E-state index contributed by atoms with van der Waals surface area (Å²) in [7, 11) is -3.05. The van der Waals surface area contributed by atoms with Crippen LogP contribution in [-0.4, -0.2) is 49.5 Å². The fourth-order valence-corrected chi connectivity index (χ4v) is 5.89. The van der Waals surface area contributed by atoms with Crippen LogP contribution < -0.4 is 5.73 Å². The van der Waals surface area contributed by atoms with E-state index in [0.29, 0.717) is 18.8 Å². The van der Waals surface area contributed by atoms with Crippen LogP contribution in [0.5, 0.6) is 0 Å². The molecule has 7 heteroatoms. The van der Waals surface area contributed by atoms with Gasteiger partial charge in [0.25, 0.3) is 0 Å². The Morgan fingerprint density at radius 2 is 2.35 bits per heavy atom. The highest BCUT2D eigenvalue weighted by Gasteiger charge is 2.31. The third-order valence-corrected chi connectivity index (χ3v) is 6.69. The summed E-state index contributed by atoms with van der Waals surface area (Å²) in [5, 5.41) is 1.60. The molecule has 110 valence electrons. The molecule has 0 radical (unpaired) electrons. The zero-order valence-electron chi connectivity index (χ0n) is 11.3. The van der Waals surface area contributed by atoms with Crippen molar-refractivity contribution in [3.05, 3.63) is 21.9 Å². The quantitative estimate of drug-likeness (QED) is 0.837. The van der Waals surface area contributed by atoms with E-state index in [4.69, 9.17) is 5.73 Å². The third-order valence-electron chi connectivity index (χ3n) is 3.10. The second kappa shape index (κ2) is 6.96. The van der Waals surface area contributed by atoms with Gasteiger partial charge >= 0.3 is 0 Å². The lowest BCUT2D eigenvalue weighted by Crippen LogP contribution is -2.46. The molecule has 4 nitrogen and oxygen atoms in total. The van der Waals surface area contributed by atoms with Gasteiger partial charge in [0.2, 0.25) is 0 Å². The summed E-state index contributed by atoms with van der Waals surface area (Å²) in [6.45, 7) is 1.77. The molecule has 1 atom stereocenters. The standard InChI is InChI=1S/C13H18N2O2S3/c1-20(16,17)13-10-18-8-6-15(13)9-12-11(3-2-5-14)4-7-19-12/h4,7,13H,5-6,8-10,14H2,1H3. The molecule has 0 bridgehead atoms. The molecule has 1 fully saturated rings. The van der Waals surface area contributed by atoms with E-state index >= 15 is 0 Å². The van der Waals surface area contributed by atoms with E-state index in [1.165, 1.54) is 6.26 Å².